The molecule has 0 rings (SSSR count). The molecule has 0 bridgehead atoms. The highest BCUT2D eigenvalue weighted by molar-refractivity contribution is 4.71. The van der Waals surface area contributed by atoms with E-state index in [0.29, 0.717) is 5.54 Å². The number of nitrogens with two attached hydrogens (primary N) is 1. The molecular weight excluding hydrogens is 148 g/mol. The second-order valence-electron chi connectivity index (χ2n) is 2.72. The van der Waals surface area contributed by atoms with E-state index in [4.69, 9.17) is 0 Å². The zero-order chi connectivity index (χ0) is 10.6. The normalized spacial score (nSPS) is 8.50. The van der Waals surface area contributed by atoms with Crippen molar-refractivity contribution in [3.63, 3.8) is 0 Å². The molecule has 3 N–H and O–H groups in total. The van der Waals surface area contributed by atoms with Gasteiger partial charge in [-0.05, 0) is 33.5 Å². The van der Waals surface area contributed by atoms with Gasteiger partial charge in [0.15, 0.2) is 0 Å². The standard InChI is InChI=1S/C6H15N.C2H5N.C2H6/c1-5-6(2,3)7-4;1-2-3;1-2/h7H,5H2,1-4H3;2H,1,3H2;1-2H3. The van der Waals surface area contributed by atoms with Gasteiger partial charge in [0.2, 0.25) is 0 Å². The fourth-order valence-electron chi connectivity index (χ4n) is 0.177. The summed E-state index contributed by atoms with van der Waals surface area (Å²) in [6, 6.07) is 0. The Bertz CT molecular complexity index is 71.9. The van der Waals surface area contributed by atoms with Crippen molar-refractivity contribution < 1.29 is 0 Å². The maximum absolute atomic E-state index is 4.61. The third-order valence-corrected chi connectivity index (χ3v) is 1.56. The Morgan fingerprint density at radius 3 is 1.67 bits per heavy atom. The van der Waals surface area contributed by atoms with Crippen LogP contribution >= 0.6 is 0 Å². The summed E-state index contributed by atoms with van der Waals surface area (Å²) in [6.45, 7) is 13.7. The van der Waals surface area contributed by atoms with Crippen molar-refractivity contribution in [3.8, 4) is 0 Å². The van der Waals surface area contributed by atoms with Crippen molar-refractivity contribution in [1.29, 1.82) is 0 Å². The monoisotopic (exact) mass is 174 g/mol. The highest BCUT2D eigenvalue weighted by Gasteiger charge is 2.08. The molecule has 2 heteroatoms. The highest BCUT2D eigenvalue weighted by atomic mass is 14.9. The third kappa shape index (κ3) is 22.7. The lowest BCUT2D eigenvalue weighted by Gasteiger charge is -2.20. The fraction of sp³-hybridized carbons (Fsp3) is 0.800. The van der Waals surface area contributed by atoms with Gasteiger partial charge >= 0.3 is 0 Å². The Balaban J connectivity index is -0.000000137. The van der Waals surface area contributed by atoms with Gasteiger partial charge in [0.05, 0.1) is 0 Å². The minimum Gasteiger partial charge on any atom is -0.405 e. The fourth-order valence-corrected chi connectivity index (χ4v) is 0.177. The minimum absolute atomic E-state index is 0.333. The van der Waals surface area contributed by atoms with Gasteiger partial charge in [-0.3, -0.25) is 0 Å². The number of rotatable bonds is 2. The first-order valence-corrected chi connectivity index (χ1v) is 4.55. The van der Waals surface area contributed by atoms with Crippen molar-refractivity contribution >= 4 is 0 Å². The Morgan fingerprint density at radius 2 is 1.67 bits per heavy atom. The van der Waals surface area contributed by atoms with E-state index in [-0.39, 0.29) is 0 Å². The average molecular weight is 174 g/mol. The zero-order valence-electron chi connectivity index (χ0n) is 9.57. The van der Waals surface area contributed by atoms with Crippen LogP contribution in [0.5, 0.6) is 0 Å². The first kappa shape index (κ1) is 17.5. The summed E-state index contributed by atoms with van der Waals surface area (Å²) in [7, 11) is 1.99. The maximum atomic E-state index is 4.61. The van der Waals surface area contributed by atoms with Crippen LogP contribution in [0.25, 0.3) is 0 Å². The number of hydrogen-bond acceptors (Lipinski definition) is 2. The van der Waals surface area contributed by atoms with Crippen LogP contribution in [0.3, 0.4) is 0 Å². The van der Waals surface area contributed by atoms with Crippen LogP contribution in [-0.2, 0) is 0 Å². The van der Waals surface area contributed by atoms with E-state index in [1.165, 1.54) is 12.6 Å². The molecule has 0 heterocycles. The second kappa shape index (κ2) is 13.1. The van der Waals surface area contributed by atoms with Crippen LogP contribution < -0.4 is 11.1 Å². The SMILES string of the molecule is C=CN.CC.CCC(C)(C)NC. The summed E-state index contributed by atoms with van der Waals surface area (Å²) in [4.78, 5) is 0. The first-order valence-electron chi connectivity index (χ1n) is 4.55. The van der Waals surface area contributed by atoms with Crippen LogP contribution in [0, 0.1) is 0 Å². The molecule has 0 spiro atoms. The molecule has 0 aliphatic heterocycles. The van der Waals surface area contributed by atoms with Crippen molar-refractivity contribution in [1.82, 2.24) is 5.32 Å². The zero-order valence-corrected chi connectivity index (χ0v) is 9.57. The van der Waals surface area contributed by atoms with Crippen LogP contribution in [0.15, 0.2) is 12.8 Å². The van der Waals surface area contributed by atoms with Gasteiger partial charge in [-0.2, -0.15) is 0 Å². The Morgan fingerprint density at radius 1 is 1.42 bits per heavy atom. The molecule has 0 aliphatic carbocycles. The Hall–Kier alpha value is -0.500. The molecule has 0 saturated heterocycles. The highest BCUT2D eigenvalue weighted by Crippen LogP contribution is 2.03. The van der Waals surface area contributed by atoms with E-state index in [0.717, 1.165) is 0 Å². The number of nitrogens with one attached hydrogen (secondary N) is 1. The molecule has 0 radical (unpaired) electrons. The lowest BCUT2D eigenvalue weighted by atomic mass is 10.0. The molecule has 2 nitrogen and oxygen atoms in total. The summed E-state index contributed by atoms with van der Waals surface area (Å²) >= 11 is 0. The smallest absolute Gasteiger partial charge is 0.0119 e. The van der Waals surface area contributed by atoms with E-state index in [1.807, 2.05) is 20.9 Å². The third-order valence-electron chi connectivity index (χ3n) is 1.56. The summed E-state index contributed by atoms with van der Waals surface area (Å²) < 4.78 is 0. The van der Waals surface area contributed by atoms with Gasteiger partial charge in [-0.15, -0.1) is 0 Å². The van der Waals surface area contributed by atoms with Crippen molar-refractivity contribution in [3.05, 3.63) is 12.8 Å². The van der Waals surface area contributed by atoms with Crippen molar-refractivity contribution in [2.45, 2.75) is 46.6 Å². The summed E-state index contributed by atoms with van der Waals surface area (Å²) in [5, 5.41) is 3.19. The largest absolute Gasteiger partial charge is 0.405 e. The van der Waals surface area contributed by atoms with E-state index in [1.54, 1.807) is 0 Å². The lowest BCUT2D eigenvalue weighted by Crippen LogP contribution is -2.34. The van der Waals surface area contributed by atoms with Gasteiger partial charge in [0.1, 0.15) is 0 Å². The molecule has 0 aliphatic rings. The Kier molecular flexibility index (Phi) is 19.2. The van der Waals surface area contributed by atoms with Crippen LogP contribution in [0.1, 0.15) is 41.0 Å². The van der Waals surface area contributed by atoms with E-state index < -0.39 is 0 Å². The van der Waals surface area contributed by atoms with Crippen molar-refractivity contribution in [2.24, 2.45) is 5.73 Å². The maximum Gasteiger partial charge on any atom is 0.0119 e. The van der Waals surface area contributed by atoms with E-state index in [2.05, 4.69) is 38.4 Å². The number of hydrogen-bond donors (Lipinski definition) is 2. The molecule has 0 amide bonds. The van der Waals surface area contributed by atoms with Gasteiger partial charge in [0.25, 0.3) is 0 Å². The van der Waals surface area contributed by atoms with Gasteiger partial charge in [0, 0.05) is 5.54 Å². The van der Waals surface area contributed by atoms with Crippen LogP contribution in [-0.4, -0.2) is 12.6 Å². The molecule has 0 fully saturated rings. The van der Waals surface area contributed by atoms with Gasteiger partial charge in [-0.25, -0.2) is 0 Å². The second-order valence-corrected chi connectivity index (χ2v) is 2.72. The molecular formula is C10H26N2. The van der Waals surface area contributed by atoms with E-state index in [9.17, 15) is 0 Å². The predicted molar refractivity (Wildman–Crippen MR) is 59.2 cm³/mol. The first-order chi connectivity index (χ1) is 5.54. The molecule has 0 saturated carbocycles. The molecule has 0 aromatic heterocycles. The van der Waals surface area contributed by atoms with Crippen molar-refractivity contribution in [2.75, 3.05) is 7.05 Å². The molecule has 0 aromatic carbocycles. The van der Waals surface area contributed by atoms with E-state index >= 15 is 0 Å². The molecule has 0 unspecified atom stereocenters. The predicted octanol–water partition coefficient (Wildman–Crippen LogP) is 2.51. The van der Waals surface area contributed by atoms with Crippen LogP contribution in [0.2, 0.25) is 0 Å². The molecule has 12 heavy (non-hydrogen) atoms. The van der Waals surface area contributed by atoms with Gasteiger partial charge < -0.3 is 11.1 Å². The summed E-state index contributed by atoms with van der Waals surface area (Å²) in [5.41, 5.74) is 4.94. The Labute approximate surface area is 78.2 Å². The topological polar surface area (TPSA) is 38.0 Å². The van der Waals surface area contributed by atoms with Gasteiger partial charge in [-0.1, -0.05) is 27.4 Å². The quantitative estimate of drug-likeness (QED) is 0.675. The lowest BCUT2D eigenvalue weighted by molar-refractivity contribution is 0.411. The van der Waals surface area contributed by atoms with Crippen LogP contribution in [0.4, 0.5) is 0 Å². The average Bonchev–Trinajstić information content (AvgIpc) is 2.10. The molecule has 0 aromatic rings. The minimum atomic E-state index is 0.333. The summed E-state index contributed by atoms with van der Waals surface area (Å²) in [5.74, 6) is 0. The summed E-state index contributed by atoms with van der Waals surface area (Å²) in [6.07, 6.45) is 2.43. The molecule has 76 valence electrons. The molecule has 0 atom stereocenters.